The lowest BCUT2D eigenvalue weighted by atomic mass is 10.2. The Morgan fingerprint density at radius 3 is 2.73 bits per heavy atom. The molecule has 0 fully saturated rings. The monoisotopic (exact) mass is 405 g/mol. The molecule has 8 nitrogen and oxygen atoms in total. The third-order valence-electron chi connectivity index (χ3n) is 3.84. The average molecular weight is 405 g/mol. The van der Waals surface area contributed by atoms with Crippen molar-refractivity contribution in [2.45, 2.75) is 27.2 Å². The van der Waals surface area contributed by atoms with E-state index < -0.39 is 0 Å². The number of aryl methyl sites for hydroxylation is 2. The summed E-state index contributed by atoms with van der Waals surface area (Å²) in [7, 11) is 1.56. The number of aliphatic imine (C=N–C) groups is 1. The topological polar surface area (TPSA) is 95.5 Å². The van der Waals surface area contributed by atoms with Gasteiger partial charge in [-0.2, -0.15) is 4.98 Å². The second-order valence-corrected chi connectivity index (χ2v) is 6.48. The molecule has 0 aliphatic rings. The minimum Gasteiger partial charge on any atom is -0.481 e. The second-order valence-electron chi connectivity index (χ2n) is 6.48. The number of nitrogens with zero attached hydrogens (tertiary/aromatic N) is 5. The largest absolute Gasteiger partial charge is 0.481 e. The van der Waals surface area contributed by atoms with E-state index in [4.69, 9.17) is 14.0 Å². The van der Waals surface area contributed by atoms with Crippen molar-refractivity contribution in [2.24, 2.45) is 4.99 Å². The van der Waals surface area contributed by atoms with Gasteiger partial charge in [-0.1, -0.05) is 18.7 Å². The highest BCUT2D eigenvalue weighted by atomic mass is 16.5. The highest BCUT2D eigenvalue weighted by Crippen LogP contribution is 2.23. The Morgan fingerprint density at radius 2 is 2.03 bits per heavy atom. The molecule has 0 saturated carbocycles. The van der Waals surface area contributed by atoms with Gasteiger partial charge >= 0.3 is 0 Å². The predicted molar refractivity (Wildman–Crippen MR) is 114 cm³/mol. The minimum absolute atomic E-state index is 0.406. The van der Waals surface area contributed by atoms with Crippen LogP contribution < -0.4 is 4.74 Å². The van der Waals surface area contributed by atoms with Crippen molar-refractivity contribution in [3.63, 3.8) is 0 Å². The first-order chi connectivity index (χ1) is 14.5. The van der Waals surface area contributed by atoms with Crippen molar-refractivity contribution < 1.29 is 14.0 Å². The van der Waals surface area contributed by atoms with Gasteiger partial charge in [0.1, 0.15) is 5.75 Å². The Hall–Kier alpha value is -3.81. The summed E-state index contributed by atoms with van der Waals surface area (Å²) in [6, 6.07) is 5.46. The summed E-state index contributed by atoms with van der Waals surface area (Å²) < 4.78 is 16.4. The van der Waals surface area contributed by atoms with Gasteiger partial charge in [-0.05, 0) is 37.6 Å². The first kappa shape index (κ1) is 20.9. The molecule has 154 valence electrons. The van der Waals surface area contributed by atoms with Crippen LogP contribution in [0.1, 0.15) is 42.4 Å². The van der Waals surface area contributed by atoms with E-state index >= 15 is 0 Å². The van der Waals surface area contributed by atoms with E-state index in [9.17, 15) is 0 Å². The Balaban J connectivity index is 1.81. The van der Waals surface area contributed by atoms with Gasteiger partial charge in [0.15, 0.2) is 5.82 Å². The molecule has 0 unspecified atom stereocenters. The maximum atomic E-state index is 5.92. The smallest absolute Gasteiger partial charge is 0.250 e. The van der Waals surface area contributed by atoms with E-state index in [2.05, 4.69) is 31.7 Å². The van der Waals surface area contributed by atoms with Crippen molar-refractivity contribution in [1.29, 1.82) is 0 Å². The van der Waals surface area contributed by atoms with E-state index in [1.165, 1.54) is 0 Å². The molecule has 0 aliphatic heterocycles. The maximum Gasteiger partial charge on any atom is 0.250 e. The molecule has 0 radical (unpaired) electrons. The van der Waals surface area contributed by atoms with Gasteiger partial charge in [0.2, 0.25) is 11.8 Å². The molecule has 0 spiro atoms. The van der Waals surface area contributed by atoms with Crippen LogP contribution in [0.25, 0.3) is 12.2 Å². The molecular formula is C22H23N5O3. The van der Waals surface area contributed by atoms with Gasteiger partial charge in [0, 0.05) is 41.7 Å². The van der Waals surface area contributed by atoms with E-state index in [-0.39, 0.29) is 0 Å². The van der Waals surface area contributed by atoms with Crippen LogP contribution in [0.5, 0.6) is 11.6 Å². The lowest BCUT2D eigenvalue weighted by Crippen LogP contribution is -2.05. The van der Waals surface area contributed by atoms with Crippen LogP contribution in [0.15, 0.2) is 52.4 Å². The number of hydrogen-bond donors (Lipinski definition) is 0. The zero-order chi connectivity index (χ0) is 21.5. The van der Waals surface area contributed by atoms with Gasteiger partial charge in [0.25, 0.3) is 5.89 Å². The summed E-state index contributed by atoms with van der Waals surface area (Å²) in [4.78, 5) is 17.2. The molecule has 3 heterocycles. The third-order valence-corrected chi connectivity index (χ3v) is 3.84. The summed E-state index contributed by atoms with van der Waals surface area (Å²) in [6.45, 7) is 9.43. The first-order valence-corrected chi connectivity index (χ1v) is 9.37. The van der Waals surface area contributed by atoms with Crippen LogP contribution in [0.4, 0.5) is 0 Å². The van der Waals surface area contributed by atoms with Crippen molar-refractivity contribution in [3.8, 4) is 11.6 Å². The third kappa shape index (κ3) is 5.60. The molecular weight excluding hydrogens is 382 g/mol. The minimum atomic E-state index is 0.406. The molecule has 0 amide bonds. The zero-order valence-corrected chi connectivity index (χ0v) is 17.4. The first-order valence-electron chi connectivity index (χ1n) is 9.37. The molecule has 0 bridgehead atoms. The fraction of sp³-hybridized carbons (Fsp3) is 0.227. The lowest BCUT2D eigenvalue weighted by molar-refractivity contribution is 0.403. The zero-order valence-electron chi connectivity index (χ0n) is 17.4. The summed E-state index contributed by atoms with van der Waals surface area (Å²) in [5, 5.41) is 3.86. The predicted octanol–water partition coefficient (Wildman–Crippen LogP) is 4.62. The number of rotatable bonds is 7. The van der Waals surface area contributed by atoms with E-state index in [1.807, 2.05) is 32.1 Å². The van der Waals surface area contributed by atoms with Crippen molar-refractivity contribution in [1.82, 2.24) is 20.1 Å². The summed E-state index contributed by atoms with van der Waals surface area (Å²) in [5.41, 5.74) is 2.97. The summed E-state index contributed by atoms with van der Waals surface area (Å²) >= 11 is 0. The fourth-order valence-corrected chi connectivity index (χ4v) is 2.56. The molecule has 0 saturated heterocycles. The van der Waals surface area contributed by atoms with Gasteiger partial charge in [0.05, 0.1) is 13.3 Å². The summed E-state index contributed by atoms with van der Waals surface area (Å²) in [6.07, 6.45) is 7.59. The Bertz CT molecular complexity index is 1100. The average Bonchev–Trinajstić information content (AvgIpc) is 3.18. The van der Waals surface area contributed by atoms with Gasteiger partial charge in [-0.15, -0.1) is 0 Å². The summed E-state index contributed by atoms with van der Waals surface area (Å²) in [5.74, 6) is 2.49. The number of pyridine rings is 2. The highest BCUT2D eigenvalue weighted by molar-refractivity contribution is 5.95. The quantitative estimate of drug-likeness (QED) is 0.418. The number of hydrogen-bond acceptors (Lipinski definition) is 8. The van der Waals surface area contributed by atoms with Crippen LogP contribution in [-0.4, -0.2) is 33.1 Å². The molecule has 3 aromatic rings. The van der Waals surface area contributed by atoms with Crippen molar-refractivity contribution in [3.05, 3.63) is 71.4 Å². The van der Waals surface area contributed by atoms with Crippen LogP contribution in [0.3, 0.4) is 0 Å². The fourth-order valence-electron chi connectivity index (χ4n) is 2.56. The van der Waals surface area contributed by atoms with Crippen LogP contribution in [-0.2, 0) is 11.2 Å². The number of methoxy groups -OCH3 is 1. The van der Waals surface area contributed by atoms with E-state index in [0.717, 1.165) is 23.2 Å². The van der Waals surface area contributed by atoms with Crippen molar-refractivity contribution >= 4 is 18.0 Å². The molecule has 3 aromatic heterocycles. The number of aromatic nitrogens is 4. The van der Waals surface area contributed by atoms with E-state index in [1.54, 1.807) is 38.6 Å². The molecule has 8 heteroatoms. The lowest BCUT2D eigenvalue weighted by Gasteiger charge is -2.10. The van der Waals surface area contributed by atoms with Crippen molar-refractivity contribution in [2.75, 3.05) is 7.11 Å². The van der Waals surface area contributed by atoms with Gasteiger partial charge < -0.3 is 14.0 Å². The van der Waals surface area contributed by atoms with Gasteiger partial charge in [-0.25, -0.2) is 9.98 Å². The number of allylic oxidation sites excluding steroid dienone is 1. The number of ether oxygens (including phenoxy) is 2. The van der Waals surface area contributed by atoms with Crippen LogP contribution >= 0.6 is 0 Å². The molecule has 0 atom stereocenters. The Morgan fingerprint density at radius 1 is 1.20 bits per heavy atom. The highest BCUT2D eigenvalue weighted by Gasteiger charge is 2.10. The normalized spacial score (nSPS) is 11.7. The van der Waals surface area contributed by atoms with Crippen LogP contribution in [0.2, 0.25) is 0 Å². The maximum absolute atomic E-state index is 5.92. The van der Waals surface area contributed by atoms with Gasteiger partial charge in [-0.3, -0.25) is 4.98 Å². The Labute approximate surface area is 175 Å². The molecule has 30 heavy (non-hydrogen) atoms. The molecule has 0 aromatic carbocycles. The molecule has 3 rings (SSSR count). The van der Waals surface area contributed by atoms with Crippen LogP contribution in [0, 0.1) is 6.92 Å². The Kier molecular flexibility index (Phi) is 6.69. The second kappa shape index (κ2) is 9.60. The standard InChI is InChI=1S/C22H23N5O3/c1-6-19-26-20(30-27-19)8-7-16-10-18(13-23-12-16)29-21-11-17(9-15(4)25-21)22(28-5)24-14(2)3/h7-13H,2,6H2,1,3-5H3/b8-7+,24-22?. The molecule has 0 N–H and O–H groups in total. The van der Waals surface area contributed by atoms with E-state index in [0.29, 0.717) is 34.9 Å². The molecule has 0 aliphatic carbocycles. The SMILES string of the molecule is C=C(C)N=C(OC)c1cc(C)nc(Oc2cncc(/C=C/c3nc(CC)no3)c2)c1.